The molecule has 160 valence electrons. The number of nitrogens with zero attached hydrogens (tertiary/aromatic N) is 3. The van der Waals surface area contributed by atoms with Crippen molar-refractivity contribution in [1.82, 2.24) is 14.5 Å². The van der Waals surface area contributed by atoms with E-state index in [9.17, 15) is 9.90 Å². The van der Waals surface area contributed by atoms with E-state index >= 15 is 0 Å². The van der Waals surface area contributed by atoms with Crippen LogP contribution >= 0.6 is 0 Å². The fourth-order valence-electron chi connectivity index (χ4n) is 3.87. The second-order valence-corrected chi connectivity index (χ2v) is 8.04. The molecule has 0 amide bonds. The molecular formula is C24H31N3O3. The van der Waals surface area contributed by atoms with Crippen LogP contribution in [0, 0.1) is 0 Å². The number of aliphatic carboxylic acids is 1. The lowest BCUT2D eigenvalue weighted by Crippen LogP contribution is -2.43. The number of carboxylic acid groups (broad SMARTS) is 1. The summed E-state index contributed by atoms with van der Waals surface area (Å²) in [7, 11) is 4.16. The van der Waals surface area contributed by atoms with E-state index in [1.165, 1.54) is 5.56 Å². The Kier molecular flexibility index (Phi) is 6.46. The molecule has 0 fully saturated rings. The van der Waals surface area contributed by atoms with E-state index in [0.717, 1.165) is 10.8 Å². The van der Waals surface area contributed by atoms with Crippen molar-refractivity contribution in [1.29, 1.82) is 0 Å². The lowest BCUT2D eigenvalue weighted by molar-refractivity contribution is -0.156. The van der Waals surface area contributed by atoms with Crippen molar-refractivity contribution in [3.05, 3.63) is 60.7 Å². The van der Waals surface area contributed by atoms with Gasteiger partial charge in [0.25, 0.3) is 0 Å². The second-order valence-electron chi connectivity index (χ2n) is 8.04. The Morgan fingerprint density at radius 2 is 1.83 bits per heavy atom. The van der Waals surface area contributed by atoms with Gasteiger partial charge in [-0.2, -0.15) is 0 Å². The van der Waals surface area contributed by atoms with Crippen LogP contribution in [-0.2, 0) is 4.79 Å². The molecule has 0 saturated heterocycles. The Morgan fingerprint density at radius 1 is 1.17 bits per heavy atom. The number of carbonyl (C=O) groups is 1. The first-order valence-electron chi connectivity index (χ1n) is 10.4. The Balaban J connectivity index is 1.97. The summed E-state index contributed by atoms with van der Waals surface area (Å²) in [4.78, 5) is 18.2. The normalized spacial score (nSPS) is 14.1. The predicted octanol–water partition coefficient (Wildman–Crippen LogP) is 4.60. The quantitative estimate of drug-likeness (QED) is 0.559. The summed E-state index contributed by atoms with van der Waals surface area (Å²) in [5.41, 5.74) is -0.00117. The number of hydrogen-bond acceptors (Lipinski definition) is 4. The highest BCUT2D eigenvalue weighted by Crippen LogP contribution is 2.31. The fourth-order valence-corrected chi connectivity index (χ4v) is 3.87. The first kappa shape index (κ1) is 21.8. The van der Waals surface area contributed by atoms with E-state index in [4.69, 9.17) is 4.74 Å². The third-order valence-corrected chi connectivity index (χ3v) is 6.14. The number of fused-ring (bicyclic) bond motifs is 1. The molecule has 0 saturated carbocycles. The topological polar surface area (TPSA) is 67.6 Å². The number of imidazole rings is 1. The first-order chi connectivity index (χ1) is 14.3. The number of rotatable bonds is 9. The van der Waals surface area contributed by atoms with Crippen LogP contribution in [0.25, 0.3) is 10.8 Å². The number of likely N-dealkylation sites (N-methyl/N-ethyl adjacent to an activating group) is 1. The van der Waals surface area contributed by atoms with Crippen molar-refractivity contribution in [3.63, 3.8) is 0 Å². The Labute approximate surface area is 178 Å². The maximum Gasteiger partial charge on any atom is 0.348 e. The van der Waals surface area contributed by atoms with Gasteiger partial charge in [-0.1, -0.05) is 32.0 Å². The van der Waals surface area contributed by atoms with Gasteiger partial charge < -0.3 is 19.3 Å². The molecule has 3 aromatic rings. The number of benzene rings is 2. The molecule has 6 nitrogen and oxygen atoms in total. The van der Waals surface area contributed by atoms with Crippen LogP contribution in [0.15, 0.2) is 55.1 Å². The van der Waals surface area contributed by atoms with Gasteiger partial charge in [0.15, 0.2) is 0 Å². The molecule has 0 aliphatic carbocycles. The van der Waals surface area contributed by atoms with Gasteiger partial charge in [0, 0.05) is 18.4 Å². The van der Waals surface area contributed by atoms with Crippen LogP contribution in [0.1, 0.15) is 45.2 Å². The lowest BCUT2D eigenvalue weighted by atomic mass is 9.96. The summed E-state index contributed by atoms with van der Waals surface area (Å²) >= 11 is 0. The Bertz CT molecular complexity index is 994. The second kappa shape index (κ2) is 8.88. The number of ether oxygens (including phenoxy) is 1. The zero-order valence-corrected chi connectivity index (χ0v) is 18.4. The molecule has 30 heavy (non-hydrogen) atoms. The number of hydrogen-bond donors (Lipinski definition) is 1. The van der Waals surface area contributed by atoms with Crippen LogP contribution in [0.2, 0.25) is 0 Å². The molecule has 1 N–H and O–H groups in total. The zero-order chi connectivity index (χ0) is 21.9. The molecule has 3 rings (SSSR count). The van der Waals surface area contributed by atoms with Gasteiger partial charge in [-0.3, -0.25) is 0 Å². The van der Waals surface area contributed by atoms with Gasteiger partial charge in [0.05, 0.1) is 12.4 Å². The molecule has 6 heteroatoms. The zero-order valence-electron chi connectivity index (χ0n) is 18.4. The monoisotopic (exact) mass is 409 g/mol. The van der Waals surface area contributed by atoms with E-state index in [1.807, 2.05) is 44.6 Å². The van der Waals surface area contributed by atoms with E-state index < -0.39 is 11.6 Å². The van der Waals surface area contributed by atoms with Crippen LogP contribution < -0.4 is 4.74 Å². The SMILES string of the molecule is CCC(CC)(Oc1ccc2cc(C(C(C)N(C)C)n3ccnc3)ccc2c1)C(=O)O. The number of aromatic nitrogens is 2. The van der Waals surface area contributed by atoms with Crippen molar-refractivity contribution >= 4 is 16.7 Å². The molecule has 1 aromatic heterocycles. The van der Waals surface area contributed by atoms with Gasteiger partial charge in [-0.15, -0.1) is 0 Å². The van der Waals surface area contributed by atoms with E-state index in [0.29, 0.717) is 18.6 Å². The standard InChI is InChI=1S/C24H31N3O3/c1-6-24(7-2,23(28)29)30-21-11-10-18-14-20(9-8-19(18)15-21)22(17(3)26(4)5)27-13-12-25-16-27/h8-17,22H,6-7H2,1-5H3,(H,28,29). The third-order valence-electron chi connectivity index (χ3n) is 6.14. The molecule has 1 heterocycles. The summed E-state index contributed by atoms with van der Waals surface area (Å²) in [6.07, 6.45) is 6.46. The minimum atomic E-state index is -1.19. The van der Waals surface area contributed by atoms with E-state index in [2.05, 4.69) is 53.7 Å². The van der Waals surface area contributed by atoms with E-state index in [-0.39, 0.29) is 12.1 Å². The largest absolute Gasteiger partial charge is 0.478 e. The maximum atomic E-state index is 11.8. The smallest absolute Gasteiger partial charge is 0.348 e. The lowest BCUT2D eigenvalue weighted by Gasteiger charge is -2.31. The molecule has 0 spiro atoms. The van der Waals surface area contributed by atoms with Crippen LogP contribution in [0.4, 0.5) is 0 Å². The average Bonchev–Trinajstić information content (AvgIpc) is 3.26. The molecule has 0 bridgehead atoms. The summed E-state index contributed by atoms with van der Waals surface area (Å²) in [5, 5.41) is 11.8. The molecular weight excluding hydrogens is 378 g/mol. The van der Waals surface area contributed by atoms with Crippen molar-refractivity contribution < 1.29 is 14.6 Å². The molecule has 2 unspecified atom stereocenters. The fraction of sp³-hybridized carbons (Fsp3) is 0.417. The molecule has 0 aliphatic heterocycles. The molecule has 0 aliphatic rings. The highest BCUT2D eigenvalue weighted by molar-refractivity contribution is 5.85. The van der Waals surface area contributed by atoms with Crippen molar-refractivity contribution in [2.75, 3.05) is 14.1 Å². The average molecular weight is 410 g/mol. The molecule has 0 radical (unpaired) electrons. The van der Waals surface area contributed by atoms with Gasteiger partial charge in [-0.05, 0) is 68.4 Å². The summed E-state index contributed by atoms with van der Waals surface area (Å²) in [6.45, 7) is 5.88. The van der Waals surface area contributed by atoms with Crippen molar-refractivity contribution in [3.8, 4) is 5.75 Å². The minimum absolute atomic E-state index is 0.127. The Hall–Kier alpha value is -2.86. The number of carboxylic acids is 1. The summed E-state index contributed by atoms with van der Waals surface area (Å²) in [5.74, 6) is -0.349. The van der Waals surface area contributed by atoms with E-state index in [1.54, 1.807) is 6.20 Å². The van der Waals surface area contributed by atoms with Crippen LogP contribution in [0.3, 0.4) is 0 Å². The van der Waals surface area contributed by atoms with Gasteiger partial charge in [0.1, 0.15) is 5.75 Å². The maximum absolute atomic E-state index is 11.8. The first-order valence-corrected chi connectivity index (χ1v) is 10.4. The van der Waals surface area contributed by atoms with Crippen LogP contribution in [0.5, 0.6) is 5.75 Å². The summed E-state index contributed by atoms with van der Waals surface area (Å²) < 4.78 is 8.09. The molecule has 2 aromatic carbocycles. The highest BCUT2D eigenvalue weighted by atomic mass is 16.5. The minimum Gasteiger partial charge on any atom is -0.478 e. The summed E-state index contributed by atoms with van der Waals surface area (Å²) in [6, 6.07) is 12.6. The Morgan fingerprint density at radius 3 is 2.40 bits per heavy atom. The van der Waals surface area contributed by atoms with Gasteiger partial charge in [0.2, 0.25) is 5.60 Å². The predicted molar refractivity (Wildman–Crippen MR) is 119 cm³/mol. The van der Waals surface area contributed by atoms with Crippen molar-refractivity contribution in [2.45, 2.75) is 51.3 Å². The molecule has 2 atom stereocenters. The van der Waals surface area contributed by atoms with Gasteiger partial charge in [-0.25, -0.2) is 9.78 Å². The van der Waals surface area contributed by atoms with Gasteiger partial charge >= 0.3 is 5.97 Å². The third kappa shape index (κ3) is 4.19. The van der Waals surface area contributed by atoms with Crippen molar-refractivity contribution in [2.24, 2.45) is 0 Å². The van der Waals surface area contributed by atoms with Crippen LogP contribution in [-0.4, -0.2) is 51.3 Å². The highest BCUT2D eigenvalue weighted by Gasteiger charge is 2.37.